The fourth-order valence-corrected chi connectivity index (χ4v) is 2.65. The summed E-state index contributed by atoms with van der Waals surface area (Å²) in [5.41, 5.74) is 0.0863. The maximum Gasteiger partial charge on any atom is 0.225 e. The van der Waals surface area contributed by atoms with E-state index in [4.69, 9.17) is 27.9 Å². The molecule has 5 nitrogen and oxygen atoms in total. The van der Waals surface area contributed by atoms with Crippen LogP contribution in [0.25, 0.3) is 10.9 Å². The highest BCUT2D eigenvalue weighted by Crippen LogP contribution is 2.29. The number of hydrogen-bond acceptors (Lipinski definition) is 5. The largest absolute Gasteiger partial charge is 0.377 e. The number of nitrogens with zero attached hydrogens (tertiary/aromatic N) is 4. The molecule has 0 radical (unpaired) electrons. The van der Waals surface area contributed by atoms with Gasteiger partial charge in [0.1, 0.15) is 11.3 Å². The lowest BCUT2D eigenvalue weighted by molar-refractivity contribution is 0.0787. The van der Waals surface area contributed by atoms with E-state index in [1.54, 1.807) is 0 Å². The maximum atomic E-state index is 14.1. The molecule has 3 rings (SSSR count). The molecule has 0 amide bonds. The van der Waals surface area contributed by atoms with Crippen molar-refractivity contribution in [3.63, 3.8) is 0 Å². The van der Waals surface area contributed by atoms with E-state index in [1.807, 2.05) is 11.8 Å². The zero-order valence-corrected chi connectivity index (χ0v) is 12.8. The molecule has 0 N–H and O–H groups in total. The molecular formula is C13H13Cl2FN4O. The second-order valence-electron chi connectivity index (χ2n) is 4.90. The van der Waals surface area contributed by atoms with Crippen LogP contribution in [0.1, 0.15) is 13.3 Å². The molecule has 0 aliphatic carbocycles. The highest BCUT2D eigenvalue weighted by atomic mass is 35.5. The summed E-state index contributed by atoms with van der Waals surface area (Å²) in [6.07, 6.45) is 2.51. The van der Waals surface area contributed by atoms with Gasteiger partial charge in [-0.3, -0.25) is 0 Å². The Labute approximate surface area is 131 Å². The molecule has 1 atom stereocenters. The van der Waals surface area contributed by atoms with Crippen LogP contribution < -0.4 is 4.90 Å². The number of pyridine rings is 1. The van der Waals surface area contributed by atoms with Crippen molar-refractivity contribution >= 4 is 39.9 Å². The molecule has 1 aliphatic heterocycles. The van der Waals surface area contributed by atoms with Crippen molar-refractivity contribution in [1.82, 2.24) is 15.0 Å². The molecule has 1 unspecified atom stereocenters. The standard InChI is InChI=1S/C13H13Cl2FN4O/c1-7-2-3-20(4-5-21-7)12-8-6-17-11(14)9(16)10(8)18-13(15)19-12/h6-7H,2-5H2,1H3. The Morgan fingerprint density at radius 3 is 2.95 bits per heavy atom. The molecule has 1 aliphatic rings. The second kappa shape index (κ2) is 5.87. The number of hydrogen-bond donors (Lipinski definition) is 0. The highest BCUT2D eigenvalue weighted by molar-refractivity contribution is 6.30. The van der Waals surface area contributed by atoms with Gasteiger partial charge in [0, 0.05) is 19.3 Å². The van der Waals surface area contributed by atoms with Crippen molar-refractivity contribution in [2.75, 3.05) is 24.6 Å². The van der Waals surface area contributed by atoms with Gasteiger partial charge in [0.15, 0.2) is 11.0 Å². The van der Waals surface area contributed by atoms with E-state index < -0.39 is 5.82 Å². The lowest BCUT2D eigenvalue weighted by Gasteiger charge is -2.22. The van der Waals surface area contributed by atoms with Crippen LogP contribution in [0.4, 0.5) is 10.2 Å². The molecule has 0 saturated carbocycles. The fourth-order valence-electron chi connectivity index (χ4n) is 2.34. The van der Waals surface area contributed by atoms with Crippen molar-refractivity contribution in [3.8, 4) is 0 Å². The van der Waals surface area contributed by atoms with Crippen molar-refractivity contribution < 1.29 is 9.13 Å². The van der Waals surface area contributed by atoms with E-state index in [0.717, 1.165) is 13.0 Å². The summed E-state index contributed by atoms with van der Waals surface area (Å²) >= 11 is 11.6. The van der Waals surface area contributed by atoms with Crippen molar-refractivity contribution in [2.45, 2.75) is 19.4 Å². The summed E-state index contributed by atoms with van der Waals surface area (Å²) < 4.78 is 19.7. The first-order chi connectivity index (χ1) is 10.1. The SMILES string of the molecule is CC1CCN(c2nc(Cl)nc3c(F)c(Cl)ncc23)CCO1. The molecule has 0 bridgehead atoms. The molecule has 2 aromatic rings. The topological polar surface area (TPSA) is 51.1 Å². The van der Waals surface area contributed by atoms with Gasteiger partial charge in [-0.15, -0.1) is 0 Å². The number of anilines is 1. The number of aromatic nitrogens is 3. The summed E-state index contributed by atoms with van der Waals surface area (Å²) in [6.45, 7) is 3.99. The van der Waals surface area contributed by atoms with E-state index in [2.05, 4.69) is 15.0 Å². The molecule has 1 fully saturated rings. The monoisotopic (exact) mass is 330 g/mol. The lowest BCUT2D eigenvalue weighted by Crippen LogP contribution is -2.27. The molecule has 0 spiro atoms. The molecule has 2 aromatic heterocycles. The Hall–Kier alpha value is -1.24. The van der Waals surface area contributed by atoms with Gasteiger partial charge in [-0.1, -0.05) is 11.6 Å². The van der Waals surface area contributed by atoms with Crippen molar-refractivity contribution in [3.05, 3.63) is 22.5 Å². The Morgan fingerprint density at radius 1 is 1.33 bits per heavy atom. The molecular weight excluding hydrogens is 318 g/mol. The number of fused-ring (bicyclic) bond motifs is 1. The van der Waals surface area contributed by atoms with E-state index in [9.17, 15) is 4.39 Å². The van der Waals surface area contributed by atoms with E-state index in [-0.39, 0.29) is 22.1 Å². The molecule has 21 heavy (non-hydrogen) atoms. The first-order valence-electron chi connectivity index (χ1n) is 6.60. The van der Waals surface area contributed by atoms with E-state index in [0.29, 0.717) is 24.4 Å². The smallest absolute Gasteiger partial charge is 0.225 e. The third kappa shape index (κ3) is 2.88. The minimum absolute atomic E-state index is 0.0168. The van der Waals surface area contributed by atoms with Gasteiger partial charge in [-0.2, -0.15) is 4.98 Å². The van der Waals surface area contributed by atoms with Crippen LogP contribution in [0.2, 0.25) is 10.4 Å². The van der Waals surface area contributed by atoms with Crippen molar-refractivity contribution in [2.24, 2.45) is 0 Å². The van der Waals surface area contributed by atoms with Crippen LogP contribution in [0.3, 0.4) is 0 Å². The average molecular weight is 331 g/mol. The van der Waals surface area contributed by atoms with Gasteiger partial charge in [-0.05, 0) is 24.9 Å². The van der Waals surface area contributed by atoms with Crippen LogP contribution in [-0.2, 0) is 4.74 Å². The third-order valence-corrected chi connectivity index (χ3v) is 3.90. The number of ether oxygens (including phenoxy) is 1. The first-order valence-corrected chi connectivity index (χ1v) is 7.35. The zero-order valence-electron chi connectivity index (χ0n) is 11.3. The lowest BCUT2D eigenvalue weighted by atomic mass is 10.2. The van der Waals surface area contributed by atoms with Gasteiger partial charge in [0.05, 0.1) is 18.1 Å². The normalized spacial score (nSPS) is 19.8. The maximum absolute atomic E-state index is 14.1. The first kappa shape index (κ1) is 14.7. The fraction of sp³-hybridized carbons (Fsp3) is 0.462. The third-order valence-electron chi connectivity index (χ3n) is 3.46. The zero-order chi connectivity index (χ0) is 15.0. The summed E-state index contributed by atoms with van der Waals surface area (Å²) in [6, 6.07) is 0. The Balaban J connectivity index is 2.11. The van der Waals surface area contributed by atoms with Gasteiger partial charge < -0.3 is 9.64 Å². The van der Waals surface area contributed by atoms with Gasteiger partial charge in [0.2, 0.25) is 5.28 Å². The van der Waals surface area contributed by atoms with Crippen molar-refractivity contribution in [1.29, 1.82) is 0 Å². The van der Waals surface area contributed by atoms with Crippen LogP contribution >= 0.6 is 23.2 Å². The molecule has 0 aromatic carbocycles. The average Bonchev–Trinajstić information content (AvgIpc) is 2.67. The predicted molar refractivity (Wildman–Crippen MR) is 79.6 cm³/mol. The molecule has 112 valence electrons. The van der Waals surface area contributed by atoms with Gasteiger partial charge >= 0.3 is 0 Å². The summed E-state index contributed by atoms with van der Waals surface area (Å²) in [4.78, 5) is 14.0. The molecule has 3 heterocycles. The molecule has 8 heteroatoms. The minimum Gasteiger partial charge on any atom is -0.377 e. The minimum atomic E-state index is -0.681. The molecule has 1 saturated heterocycles. The number of rotatable bonds is 1. The summed E-state index contributed by atoms with van der Waals surface area (Å²) in [5, 5.41) is 0.253. The van der Waals surface area contributed by atoms with E-state index >= 15 is 0 Å². The van der Waals surface area contributed by atoms with Gasteiger partial charge in [-0.25, -0.2) is 14.4 Å². The van der Waals surface area contributed by atoms with Crippen LogP contribution in [-0.4, -0.2) is 40.8 Å². The number of halogens is 3. The Kier molecular flexibility index (Phi) is 4.10. The summed E-state index contributed by atoms with van der Waals surface area (Å²) in [7, 11) is 0. The summed E-state index contributed by atoms with van der Waals surface area (Å²) in [5.74, 6) is -0.120. The Bertz CT molecular complexity index is 685. The quantitative estimate of drug-likeness (QED) is 0.594. The van der Waals surface area contributed by atoms with Crippen LogP contribution in [0.5, 0.6) is 0 Å². The Morgan fingerprint density at radius 2 is 2.14 bits per heavy atom. The van der Waals surface area contributed by atoms with Crippen LogP contribution in [0.15, 0.2) is 6.20 Å². The highest BCUT2D eigenvalue weighted by Gasteiger charge is 2.21. The predicted octanol–water partition coefficient (Wildman–Crippen LogP) is 3.09. The van der Waals surface area contributed by atoms with E-state index in [1.165, 1.54) is 6.20 Å². The van der Waals surface area contributed by atoms with Crippen LogP contribution in [0, 0.1) is 5.82 Å². The van der Waals surface area contributed by atoms with Gasteiger partial charge in [0.25, 0.3) is 0 Å². The second-order valence-corrected chi connectivity index (χ2v) is 5.59.